The Balaban J connectivity index is 2.00. The van der Waals surface area contributed by atoms with Crippen molar-refractivity contribution in [2.45, 2.75) is 39.7 Å². The van der Waals surface area contributed by atoms with Crippen molar-refractivity contribution in [2.75, 3.05) is 6.54 Å². The normalized spacial score (nSPS) is 14.9. The third-order valence-corrected chi connectivity index (χ3v) is 3.95. The maximum Gasteiger partial charge on any atom is 0.223 e. The van der Waals surface area contributed by atoms with Crippen molar-refractivity contribution in [1.82, 2.24) is 19.7 Å². The van der Waals surface area contributed by atoms with Crippen LogP contribution < -0.4 is 0 Å². The van der Waals surface area contributed by atoms with Gasteiger partial charge in [0.05, 0.1) is 6.54 Å². The number of carbonyl (C=O) groups is 1. The van der Waals surface area contributed by atoms with E-state index >= 15 is 0 Å². The molecule has 1 amide bonds. The van der Waals surface area contributed by atoms with Crippen LogP contribution in [0.1, 0.15) is 38.3 Å². The lowest BCUT2D eigenvalue weighted by molar-refractivity contribution is -0.128. The van der Waals surface area contributed by atoms with Crippen LogP contribution in [0, 0.1) is 17.6 Å². The first-order valence-corrected chi connectivity index (χ1v) is 8.12. The van der Waals surface area contributed by atoms with Crippen LogP contribution in [-0.4, -0.2) is 32.1 Å². The van der Waals surface area contributed by atoms with Gasteiger partial charge in [0.25, 0.3) is 0 Å². The Kier molecular flexibility index (Phi) is 4.59. The quantitative estimate of drug-likeness (QED) is 0.845. The molecule has 0 N–H and O–H groups in total. The van der Waals surface area contributed by atoms with Crippen LogP contribution in [0.15, 0.2) is 18.2 Å². The maximum atomic E-state index is 14.2. The smallest absolute Gasteiger partial charge is 0.223 e. The van der Waals surface area contributed by atoms with E-state index in [0.29, 0.717) is 37.0 Å². The van der Waals surface area contributed by atoms with Crippen LogP contribution >= 0.6 is 0 Å². The standard InChI is InChI=1S/C17H20F2N4O/c1-11(2)8-15-20-16(10-22-7-3-4-17(22)24)23(21-15)14-9-12(18)5-6-13(14)19/h5-6,9,11H,3-4,7-8,10H2,1-2H3. The number of likely N-dealkylation sites (tertiary alicyclic amines) is 1. The Morgan fingerprint density at radius 1 is 1.29 bits per heavy atom. The minimum absolute atomic E-state index is 0.0131. The zero-order valence-corrected chi connectivity index (χ0v) is 13.8. The van der Waals surface area contributed by atoms with E-state index in [1.165, 1.54) is 4.68 Å². The summed E-state index contributed by atoms with van der Waals surface area (Å²) in [5.41, 5.74) is 0.0131. The van der Waals surface area contributed by atoms with Gasteiger partial charge in [0.15, 0.2) is 11.6 Å². The fourth-order valence-electron chi connectivity index (χ4n) is 2.83. The highest BCUT2D eigenvalue weighted by molar-refractivity contribution is 5.77. The summed E-state index contributed by atoms with van der Waals surface area (Å²) in [5, 5.41) is 4.35. The van der Waals surface area contributed by atoms with Gasteiger partial charge in [-0.2, -0.15) is 5.10 Å². The molecule has 5 nitrogen and oxygen atoms in total. The summed E-state index contributed by atoms with van der Waals surface area (Å²) in [6.45, 7) is 4.97. The fourth-order valence-corrected chi connectivity index (χ4v) is 2.83. The summed E-state index contributed by atoms with van der Waals surface area (Å²) < 4.78 is 29.0. The van der Waals surface area contributed by atoms with Gasteiger partial charge in [-0.15, -0.1) is 0 Å². The molecule has 1 saturated heterocycles. The number of hydrogen-bond acceptors (Lipinski definition) is 3. The minimum Gasteiger partial charge on any atom is -0.335 e. The van der Waals surface area contributed by atoms with E-state index in [1.807, 2.05) is 13.8 Å². The lowest BCUT2D eigenvalue weighted by atomic mass is 10.1. The first kappa shape index (κ1) is 16.5. The van der Waals surface area contributed by atoms with Crippen LogP contribution in [0.5, 0.6) is 0 Å². The number of aromatic nitrogens is 3. The monoisotopic (exact) mass is 334 g/mol. The first-order valence-electron chi connectivity index (χ1n) is 8.12. The van der Waals surface area contributed by atoms with Crippen LogP contribution in [0.4, 0.5) is 8.78 Å². The molecule has 2 heterocycles. The van der Waals surface area contributed by atoms with E-state index in [0.717, 1.165) is 24.6 Å². The molecule has 0 radical (unpaired) electrons. The molecule has 1 aromatic heterocycles. The van der Waals surface area contributed by atoms with Crippen LogP contribution in [0.2, 0.25) is 0 Å². The second-order valence-electron chi connectivity index (χ2n) is 6.47. The zero-order chi connectivity index (χ0) is 17.3. The number of benzene rings is 1. The third kappa shape index (κ3) is 3.44. The van der Waals surface area contributed by atoms with Gasteiger partial charge in [0, 0.05) is 25.5 Å². The van der Waals surface area contributed by atoms with E-state index in [2.05, 4.69) is 10.1 Å². The van der Waals surface area contributed by atoms with E-state index in [9.17, 15) is 13.6 Å². The topological polar surface area (TPSA) is 51.0 Å². The van der Waals surface area contributed by atoms with Crippen molar-refractivity contribution >= 4 is 5.91 Å². The average molecular weight is 334 g/mol. The van der Waals surface area contributed by atoms with Crippen molar-refractivity contribution < 1.29 is 13.6 Å². The van der Waals surface area contributed by atoms with Gasteiger partial charge >= 0.3 is 0 Å². The highest BCUT2D eigenvalue weighted by atomic mass is 19.1. The molecule has 0 aliphatic carbocycles. The molecule has 24 heavy (non-hydrogen) atoms. The molecule has 0 saturated carbocycles. The SMILES string of the molecule is CC(C)Cc1nc(CN2CCCC2=O)n(-c2cc(F)ccc2F)n1. The molecular formula is C17H20F2N4O. The lowest BCUT2D eigenvalue weighted by Crippen LogP contribution is -2.26. The molecule has 0 bridgehead atoms. The Hall–Kier alpha value is -2.31. The third-order valence-electron chi connectivity index (χ3n) is 3.95. The number of nitrogens with zero attached hydrogens (tertiary/aromatic N) is 4. The van der Waals surface area contributed by atoms with Gasteiger partial charge in [-0.05, 0) is 24.5 Å². The van der Waals surface area contributed by atoms with Crippen LogP contribution in [-0.2, 0) is 17.8 Å². The molecule has 0 atom stereocenters. The van der Waals surface area contributed by atoms with Gasteiger partial charge in [0.1, 0.15) is 17.3 Å². The molecule has 1 aliphatic heterocycles. The molecule has 1 aliphatic rings. The van der Waals surface area contributed by atoms with Gasteiger partial charge in [-0.1, -0.05) is 13.8 Å². The minimum atomic E-state index is -0.577. The van der Waals surface area contributed by atoms with Crippen LogP contribution in [0.3, 0.4) is 0 Å². The van der Waals surface area contributed by atoms with Gasteiger partial charge in [-0.25, -0.2) is 18.4 Å². The molecule has 128 valence electrons. The molecule has 0 spiro atoms. The fraction of sp³-hybridized carbons (Fsp3) is 0.471. The number of amides is 1. The molecule has 7 heteroatoms. The Labute approximate surface area is 139 Å². The molecular weight excluding hydrogens is 314 g/mol. The van der Waals surface area contributed by atoms with Crippen molar-refractivity contribution in [1.29, 1.82) is 0 Å². The summed E-state index contributed by atoms with van der Waals surface area (Å²) in [6, 6.07) is 3.23. The van der Waals surface area contributed by atoms with Crippen LogP contribution in [0.25, 0.3) is 5.69 Å². The second-order valence-corrected chi connectivity index (χ2v) is 6.47. The van der Waals surface area contributed by atoms with Crippen molar-refractivity contribution in [3.05, 3.63) is 41.5 Å². The van der Waals surface area contributed by atoms with Gasteiger partial charge in [-0.3, -0.25) is 4.79 Å². The molecule has 0 unspecified atom stereocenters. The molecule has 3 rings (SSSR count). The number of hydrogen-bond donors (Lipinski definition) is 0. The summed E-state index contributed by atoms with van der Waals surface area (Å²) >= 11 is 0. The molecule has 1 fully saturated rings. The van der Waals surface area contributed by atoms with Gasteiger partial charge in [0.2, 0.25) is 5.91 Å². The predicted octanol–water partition coefficient (Wildman–Crippen LogP) is 2.87. The molecule has 2 aromatic rings. The highest BCUT2D eigenvalue weighted by Crippen LogP contribution is 2.20. The number of carbonyl (C=O) groups excluding carboxylic acids is 1. The summed E-state index contributed by atoms with van der Waals surface area (Å²) in [5.74, 6) is 0.275. The van der Waals surface area contributed by atoms with E-state index in [4.69, 9.17) is 0 Å². The Morgan fingerprint density at radius 2 is 2.08 bits per heavy atom. The second kappa shape index (κ2) is 6.67. The summed E-state index contributed by atoms with van der Waals surface area (Å²) in [6.07, 6.45) is 1.95. The first-order chi connectivity index (χ1) is 11.4. The summed E-state index contributed by atoms with van der Waals surface area (Å²) in [7, 11) is 0. The van der Waals surface area contributed by atoms with E-state index in [-0.39, 0.29) is 18.1 Å². The van der Waals surface area contributed by atoms with Crippen molar-refractivity contribution in [2.24, 2.45) is 5.92 Å². The highest BCUT2D eigenvalue weighted by Gasteiger charge is 2.24. The average Bonchev–Trinajstić information content (AvgIpc) is 3.08. The zero-order valence-electron chi connectivity index (χ0n) is 13.8. The number of rotatable bonds is 5. The predicted molar refractivity (Wildman–Crippen MR) is 84.5 cm³/mol. The van der Waals surface area contributed by atoms with E-state index in [1.54, 1.807) is 4.90 Å². The maximum absolute atomic E-state index is 14.2. The Morgan fingerprint density at radius 3 is 2.75 bits per heavy atom. The van der Waals surface area contributed by atoms with Crippen molar-refractivity contribution in [3.63, 3.8) is 0 Å². The van der Waals surface area contributed by atoms with Crippen molar-refractivity contribution in [3.8, 4) is 5.69 Å². The largest absolute Gasteiger partial charge is 0.335 e. The van der Waals surface area contributed by atoms with Gasteiger partial charge < -0.3 is 4.90 Å². The summed E-state index contributed by atoms with van der Waals surface area (Å²) in [4.78, 5) is 18.0. The molecule has 1 aromatic carbocycles. The lowest BCUT2D eigenvalue weighted by Gasteiger charge is -2.15. The number of halogens is 2. The Bertz CT molecular complexity index is 757. The van der Waals surface area contributed by atoms with E-state index < -0.39 is 11.6 Å².